The first-order chi connectivity index (χ1) is 12.0. The molecule has 1 heterocycles. The van der Waals surface area contributed by atoms with Crippen molar-refractivity contribution in [2.45, 2.75) is 38.3 Å². The molecule has 3 rings (SSSR count). The van der Waals surface area contributed by atoms with Gasteiger partial charge < -0.3 is 9.47 Å². The van der Waals surface area contributed by atoms with Gasteiger partial charge in [-0.2, -0.15) is 0 Å². The fourth-order valence-electron chi connectivity index (χ4n) is 3.73. The maximum absolute atomic E-state index is 6.00. The van der Waals surface area contributed by atoms with Gasteiger partial charge in [0.25, 0.3) is 0 Å². The highest BCUT2D eigenvalue weighted by Crippen LogP contribution is 2.40. The molecule has 2 aromatic rings. The summed E-state index contributed by atoms with van der Waals surface area (Å²) in [4.78, 5) is 2.48. The maximum Gasteiger partial charge on any atom is 0.161 e. The van der Waals surface area contributed by atoms with E-state index < -0.39 is 0 Å². The van der Waals surface area contributed by atoms with Crippen molar-refractivity contribution in [2.75, 3.05) is 21.3 Å². The minimum absolute atomic E-state index is 0.370. The average molecular weight is 360 g/mol. The molecule has 0 radical (unpaired) electrons. The number of hydrogen-bond acceptors (Lipinski definition) is 3. The van der Waals surface area contributed by atoms with Crippen molar-refractivity contribution in [2.24, 2.45) is 0 Å². The van der Waals surface area contributed by atoms with Gasteiger partial charge in [-0.1, -0.05) is 23.7 Å². The van der Waals surface area contributed by atoms with E-state index in [1.165, 1.54) is 16.7 Å². The van der Waals surface area contributed by atoms with Crippen LogP contribution in [0.25, 0.3) is 0 Å². The average Bonchev–Trinajstić information content (AvgIpc) is 2.62. The summed E-state index contributed by atoms with van der Waals surface area (Å²) in [6.45, 7) is 2.29. The number of ether oxygens (including phenoxy) is 2. The quantitative estimate of drug-likeness (QED) is 0.757. The van der Waals surface area contributed by atoms with Crippen LogP contribution < -0.4 is 9.47 Å². The summed E-state index contributed by atoms with van der Waals surface area (Å²) in [5.41, 5.74) is 4.04. The molecule has 2 atom stereocenters. The van der Waals surface area contributed by atoms with E-state index in [9.17, 15) is 0 Å². The van der Waals surface area contributed by atoms with E-state index >= 15 is 0 Å². The summed E-state index contributed by atoms with van der Waals surface area (Å²) in [6.07, 6.45) is 3.11. The molecular weight excluding hydrogens is 334 g/mol. The third-order valence-corrected chi connectivity index (χ3v) is 5.58. The topological polar surface area (TPSA) is 21.7 Å². The van der Waals surface area contributed by atoms with Gasteiger partial charge in [-0.05, 0) is 74.2 Å². The molecule has 1 aliphatic heterocycles. The van der Waals surface area contributed by atoms with Gasteiger partial charge in [-0.25, -0.2) is 0 Å². The molecule has 0 bridgehead atoms. The van der Waals surface area contributed by atoms with Crippen molar-refractivity contribution in [1.82, 2.24) is 4.90 Å². The Bertz CT molecular complexity index is 729. The van der Waals surface area contributed by atoms with Gasteiger partial charge in [-0.3, -0.25) is 4.90 Å². The van der Waals surface area contributed by atoms with Gasteiger partial charge in [0.15, 0.2) is 11.5 Å². The fraction of sp³-hybridized carbons (Fsp3) is 0.429. The molecule has 0 saturated carbocycles. The van der Waals surface area contributed by atoms with Crippen LogP contribution in [0.3, 0.4) is 0 Å². The van der Waals surface area contributed by atoms with E-state index in [-0.39, 0.29) is 0 Å². The van der Waals surface area contributed by atoms with Crippen LogP contribution in [0.2, 0.25) is 5.02 Å². The zero-order valence-corrected chi connectivity index (χ0v) is 16.1. The molecule has 0 aromatic heterocycles. The molecule has 2 unspecified atom stereocenters. The van der Waals surface area contributed by atoms with Gasteiger partial charge in [0.2, 0.25) is 0 Å². The maximum atomic E-state index is 6.00. The third kappa shape index (κ3) is 3.78. The molecule has 0 N–H and O–H groups in total. The van der Waals surface area contributed by atoms with E-state index in [1.54, 1.807) is 14.2 Å². The summed E-state index contributed by atoms with van der Waals surface area (Å²) >= 11 is 6.00. The smallest absolute Gasteiger partial charge is 0.161 e. The van der Waals surface area contributed by atoms with Gasteiger partial charge >= 0.3 is 0 Å². The number of rotatable bonds is 5. The standard InChI is InChI=1S/C21H26ClNO2/c1-14-11-16-12-20(24-3)21(25-4)13-18(16)19(23(14)2)10-7-15-5-8-17(22)9-6-15/h5-6,8-9,12-14,19H,7,10-11H2,1-4H3. The van der Waals surface area contributed by atoms with Crippen LogP contribution in [0.15, 0.2) is 36.4 Å². The third-order valence-electron chi connectivity index (χ3n) is 5.33. The first-order valence-electron chi connectivity index (χ1n) is 8.74. The Hall–Kier alpha value is -1.71. The van der Waals surface area contributed by atoms with E-state index in [4.69, 9.17) is 21.1 Å². The molecule has 1 aliphatic rings. The number of likely N-dealkylation sites (N-methyl/N-ethyl adjacent to an activating group) is 1. The summed E-state index contributed by atoms with van der Waals surface area (Å²) in [5, 5.41) is 0.786. The molecule has 0 fully saturated rings. The predicted octanol–water partition coefficient (Wildman–Crippen LogP) is 4.91. The largest absolute Gasteiger partial charge is 0.493 e. The van der Waals surface area contributed by atoms with Crippen molar-refractivity contribution in [3.8, 4) is 11.5 Å². The Morgan fingerprint density at radius 1 is 1.08 bits per heavy atom. The molecule has 2 aromatic carbocycles. The summed E-state index contributed by atoms with van der Waals surface area (Å²) in [7, 11) is 5.61. The summed E-state index contributed by atoms with van der Waals surface area (Å²) < 4.78 is 11.0. The lowest BCUT2D eigenvalue weighted by Gasteiger charge is -2.40. The number of methoxy groups -OCH3 is 2. The molecule has 4 heteroatoms. The highest BCUT2D eigenvalue weighted by atomic mass is 35.5. The lowest BCUT2D eigenvalue weighted by molar-refractivity contribution is 0.158. The first kappa shape index (κ1) is 18.1. The Balaban J connectivity index is 1.89. The number of benzene rings is 2. The molecule has 0 saturated heterocycles. The highest BCUT2D eigenvalue weighted by molar-refractivity contribution is 6.30. The second-order valence-corrected chi connectivity index (χ2v) is 7.24. The van der Waals surface area contributed by atoms with Gasteiger partial charge in [0.05, 0.1) is 14.2 Å². The monoisotopic (exact) mass is 359 g/mol. The molecule has 0 aliphatic carbocycles. The zero-order valence-electron chi connectivity index (χ0n) is 15.4. The first-order valence-corrected chi connectivity index (χ1v) is 9.12. The van der Waals surface area contributed by atoms with Gasteiger partial charge in [0, 0.05) is 17.1 Å². The molecule has 0 amide bonds. The van der Waals surface area contributed by atoms with Crippen molar-refractivity contribution >= 4 is 11.6 Å². The Labute approximate surface area is 155 Å². The van der Waals surface area contributed by atoms with Gasteiger partial charge in [0.1, 0.15) is 0 Å². The van der Waals surface area contributed by atoms with Crippen LogP contribution in [0.1, 0.15) is 36.1 Å². The molecule has 134 valence electrons. The molecule has 0 spiro atoms. The van der Waals surface area contributed by atoms with Crippen molar-refractivity contribution in [3.05, 3.63) is 58.1 Å². The van der Waals surface area contributed by atoms with E-state index in [0.29, 0.717) is 12.1 Å². The van der Waals surface area contributed by atoms with E-state index in [2.05, 4.69) is 43.1 Å². The van der Waals surface area contributed by atoms with Crippen LogP contribution in [0, 0.1) is 0 Å². The lowest BCUT2D eigenvalue weighted by atomic mass is 9.86. The summed E-state index contributed by atoms with van der Waals surface area (Å²) in [5.74, 6) is 1.62. The molecule has 25 heavy (non-hydrogen) atoms. The minimum Gasteiger partial charge on any atom is -0.493 e. The highest BCUT2D eigenvalue weighted by Gasteiger charge is 2.30. The van der Waals surface area contributed by atoms with Crippen LogP contribution >= 0.6 is 11.6 Å². The normalized spacial score (nSPS) is 20.2. The molecular formula is C21H26ClNO2. The van der Waals surface area contributed by atoms with Gasteiger partial charge in [-0.15, -0.1) is 0 Å². The second-order valence-electron chi connectivity index (χ2n) is 6.81. The Morgan fingerprint density at radius 2 is 1.72 bits per heavy atom. The van der Waals surface area contributed by atoms with Crippen LogP contribution in [0.4, 0.5) is 0 Å². The number of nitrogens with zero attached hydrogens (tertiary/aromatic N) is 1. The fourth-order valence-corrected chi connectivity index (χ4v) is 3.85. The van der Waals surface area contributed by atoms with Crippen molar-refractivity contribution in [1.29, 1.82) is 0 Å². The van der Waals surface area contributed by atoms with Crippen LogP contribution in [-0.4, -0.2) is 32.2 Å². The van der Waals surface area contributed by atoms with Crippen LogP contribution in [0.5, 0.6) is 11.5 Å². The molecule has 3 nitrogen and oxygen atoms in total. The second kappa shape index (κ2) is 7.67. The van der Waals surface area contributed by atoms with Crippen LogP contribution in [-0.2, 0) is 12.8 Å². The van der Waals surface area contributed by atoms with Crippen molar-refractivity contribution in [3.63, 3.8) is 0 Å². The van der Waals surface area contributed by atoms with E-state index in [1.807, 2.05) is 12.1 Å². The van der Waals surface area contributed by atoms with Crippen molar-refractivity contribution < 1.29 is 9.47 Å². The minimum atomic E-state index is 0.370. The number of fused-ring (bicyclic) bond motifs is 1. The SMILES string of the molecule is COc1cc2c(cc1OC)C(CCc1ccc(Cl)cc1)N(C)C(C)C2. The lowest BCUT2D eigenvalue weighted by Crippen LogP contribution is -2.39. The predicted molar refractivity (Wildman–Crippen MR) is 103 cm³/mol. The Kier molecular flexibility index (Phi) is 5.55. The Morgan fingerprint density at radius 3 is 2.36 bits per heavy atom. The van der Waals surface area contributed by atoms with E-state index in [0.717, 1.165) is 35.8 Å². The number of aryl methyl sites for hydroxylation is 1. The zero-order chi connectivity index (χ0) is 18.0. The number of hydrogen-bond donors (Lipinski definition) is 0. The summed E-state index contributed by atoms with van der Waals surface area (Å²) in [6, 6.07) is 13.3. The number of halogens is 1.